The Morgan fingerprint density at radius 3 is 2.58 bits per heavy atom. The fourth-order valence-electron chi connectivity index (χ4n) is 2.85. The minimum Gasteiger partial charge on any atom is -0.460 e. The molecule has 0 spiro atoms. The van der Waals surface area contributed by atoms with E-state index in [1.165, 1.54) is 12.3 Å². The van der Waals surface area contributed by atoms with E-state index in [1.54, 1.807) is 67.6 Å². The fraction of sp³-hybridized carbons (Fsp3) is 0.0870. The summed E-state index contributed by atoms with van der Waals surface area (Å²) in [6.07, 6.45) is 2.91. The Balaban J connectivity index is 1.56. The lowest BCUT2D eigenvalue weighted by Gasteiger charge is -2.09. The molecule has 0 bridgehead atoms. The van der Waals surface area contributed by atoms with E-state index in [9.17, 15) is 9.59 Å². The van der Waals surface area contributed by atoms with Gasteiger partial charge >= 0.3 is 0 Å². The zero-order valence-corrected chi connectivity index (χ0v) is 16.6. The second-order valence-corrected chi connectivity index (χ2v) is 6.64. The molecule has 0 atom stereocenters. The molecule has 1 aliphatic rings. The van der Waals surface area contributed by atoms with Crippen LogP contribution in [0.3, 0.4) is 0 Å². The molecule has 3 aromatic rings. The maximum Gasteiger partial charge on any atom is 0.287 e. The van der Waals surface area contributed by atoms with Crippen molar-refractivity contribution in [3.63, 3.8) is 0 Å². The topological polar surface area (TPSA) is 102 Å². The largest absolute Gasteiger partial charge is 0.460 e. The number of furan rings is 1. The lowest BCUT2D eigenvalue weighted by Crippen LogP contribution is -2.32. The predicted octanol–water partition coefficient (Wildman–Crippen LogP) is 3.24. The van der Waals surface area contributed by atoms with Crippen molar-refractivity contribution in [2.24, 2.45) is 5.10 Å². The van der Waals surface area contributed by atoms with E-state index in [4.69, 9.17) is 13.9 Å². The fourth-order valence-corrected chi connectivity index (χ4v) is 2.85. The third-order valence-corrected chi connectivity index (χ3v) is 4.36. The summed E-state index contributed by atoms with van der Waals surface area (Å²) in [5, 5.41) is 6.54. The first-order chi connectivity index (χ1) is 15.1. The molecule has 8 heteroatoms. The highest BCUT2D eigenvalue weighted by Gasteiger charge is 2.16. The van der Waals surface area contributed by atoms with Crippen LogP contribution in [0.1, 0.15) is 27.4 Å². The van der Waals surface area contributed by atoms with E-state index in [0.717, 1.165) is 5.76 Å². The van der Waals surface area contributed by atoms with Gasteiger partial charge in [0.1, 0.15) is 17.2 Å². The van der Waals surface area contributed by atoms with Gasteiger partial charge in [-0.15, -0.1) is 0 Å². The number of nitrogens with one attached hydrogen (secondary N) is 2. The van der Waals surface area contributed by atoms with Gasteiger partial charge in [0.25, 0.3) is 11.8 Å². The van der Waals surface area contributed by atoms with Crippen molar-refractivity contribution in [2.75, 3.05) is 6.79 Å². The summed E-state index contributed by atoms with van der Waals surface area (Å²) in [6.45, 7) is 1.95. The van der Waals surface area contributed by atoms with E-state index >= 15 is 0 Å². The molecule has 4 rings (SSSR count). The molecular weight excluding hydrogens is 398 g/mol. The second-order valence-electron chi connectivity index (χ2n) is 6.64. The summed E-state index contributed by atoms with van der Waals surface area (Å²) in [5.41, 5.74) is 3.48. The third kappa shape index (κ3) is 4.99. The highest BCUT2D eigenvalue weighted by Crippen LogP contribution is 2.33. The summed E-state index contributed by atoms with van der Waals surface area (Å²) < 4.78 is 16.1. The molecule has 1 aliphatic heterocycles. The van der Waals surface area contributed by atoms with Crippen molar-refractivity contribution in [2.45, 2.75) is 6.92 Å². The van der Waals surface area contributed by atoms with Gasteiger partial charge in [0.15, 0.2) is 11.5 Å². The molecule has 0 radical (unpaired) electrons. The van der Waals surface area contributed by atoms with Gasteiger partial charge in [0.2, 0.25) is 6.79 Å². The summed E-state index contributed by atoms with van der Waals surface area (Å²) in [6, 6.07) is 17.3. The lowest BCUT2D eigenvalue weighted by atomic mass is 10.1. The maximum atomic E-state index is 12.7. The summed E-state index contributed by atoms with van der Waals surface area (Å²) in [5.74, 6) is 1.39. The van der Waals surface area contributed by atoms with Crippen LogP contribution >= 0.6 is 0 Å². The molecule has 2 heterocycles. The number of hydrogen-bond donors (Lipinski definition) is 2. The Labute approximate surface area is 178 Å². The van der Waals surface area contributed by atoms with Crippen molar-refractivity contribution in [3.8, 4) is 11.5 Å². The quantitative estimate of drug-likeness (QED) is 0.364. The second kappa shape index (κ2) is 9.00. The monoisotopic (exact) mass is 417 g/mol. The Kier molecular flexibility index (Phi) is 5.79. The van der Waals surface area contributed by atoms with Gasteiger partial charge in [-0.3, -0.25) is 9.59 Å². The molecule has 0 saturated heterocycles. The molecule has 156 valence electrons. The number of rotatable bonds is 6. The summed E-state index contributed by atoms with van der Waals surface area (Å²) >= 11 is 0. The highest BCUT2D eigenvalue weighted by molar-refractivity contribution is 6.05. The van der Waals surface area contributed by atoms with Crippen molar-refractivity contribution < 1.29 is 23.5 Å². The van der Waals surface area contributed by atoms with Gasteiger partial charge in [-0.25, -0.2) is 5.43 Å². The standard InChI is InChI=1S/C23H19N3O5/c1-15-7-9-18(31-15)13-24-26-23(28)19(25-22(27)17-5-3-2-4-6-17)11-16-8-10-20-21(12-16)30-14-29-20/h2-13H,14H2,1H3,(H,25,27)(H,26,28). The number of benzene rings is 2. The highest BCUT2D eigenvalue weighted by atomic mass is 16.7. The van der Waals surface area contributed by atoms with Gasteiger partial charge in [0, 0.05) is 5.56 Å². The number of carbonyl (C=O) groups excluding carboxylic acids is 2. The van der Waals surface area contributed by atoms with Crippen LogP contribution in [-0.2, 0) is 4.79 Å². The average molecular weight is 417 g/mol. The number of carbonyl (C=O) groups is 2. The molecule has 0 fully saturated rings. The first-order valence-corrected chi connectivity index (χ1v) is 9.46. The van der Waals surface area contributed by atoms with Crippen LogP contribution in [0.5, 0.6) is 11.5 Å². The molecular formula is C23H19N3O5. The zero-order valence-electron chi connectivity index (χ0n) is 16.6. The van der Waals surface area contributed by atoms with Crippen molar-refractivity contribution >= 4 is 24.1 Å². The van der Waals surface area contributed by atoms with Crippen LogP contribution in [0.4, 0.5) is 0 Å². The van der Waals surface area contributed by atoms with Crippen LogP contribution < -0.4 is 20.2 Å². The SMILES string of the molecule is Cc1ccc(C=NNC(=O)C(=Cc2ccc3c(c2)OCO3)NC(=O)c2ccccc2)o1. The number of hydrazone groups is 1. The van der Waals surface area contributed by atoms with E-state index in [-0.39, 0.29) is 12.5 Å². The number of nitrogens with zero attached hydrogens (tertiary/aromatic N) is 1. The van der Waals surface area contributed by atoms with Gasteiger partial charge in [-0.2, -0.15) is 5.10 Å². The Morgan fingerprint density at radius 2 is 1.81 bits per heavy atom. The molecule has 0 unspecified atom stereocenters. The van der Waals surface area contributed by atoms with Crippen LogP contribution in [0.15, 0.2) is 75.9 Å². The molecule has 0 saturated carbocycles. The molecule has 2 N–H and O–H groups in total. The molecule has 0 aliphatic carbocycles. The average Bonchev–Trinajstić information content (AvgIpc) is 3.42. The van der Waals surface area contributed by atoms with Crippen molar-refractivity contribution in [1.82, 2.24) is 10.7 Å². The number of hydrogen-bond acceptors (Lipinski definition) is 6. The third-order valence-electron chi connectivity index (χ3n) is 4.36. The zero-order chi connectivity index (χ0) is 21.6. The molecule has 31 heavy (non-hydrogen) atoms. The van der Waals surface area contributed by atoms with Gasteiger partial charge in [-0.05, 0) is 55.0 Å². The molecule has 2 amide bonds. The van der Waals surface area contributed by atoms with Crippen molar-refractivity contribution in [3.05, 3.63) is 89.0 Å². The lowest BCUT2D eigenvalue weighted by molar-refractivity contribution is -0.117. The first-order valence-electron chi connectivity index (χ1n) is 9.46. The van der Waals surface area contributed by atoms with Gasteiger partial charge in [0.05, 0.1) is 6.21 Å². The van der Waals surface area contributed by atoms with Crippen LogP contribution in [0.25, 0.3) is 6.08 Å². The molecule has 1 aromatic heterocycles. The van der Waals surface area contributed by atoms with E-state index in [0.29, 0.717) is 28.4 Å². The molecule has 8 nitrogen and oxygen atoms in total. The van der Waals surface area contributed by atoms with E-state index < -0.39 is 11.8 Å². The number of amides is 2. The van der Waals surface area contributed by atoms with Crippen LogP contribution in [-0.4, -0.2) is 24.8 Å². The number of ether oxygens (including phenoxy) is 2. The number of fused-ring (bicyclic) bond motifs is 1. The first kappa shape index (κ1) is 20.0. The maximum absolute atomic E-state index is 12.7. The number of aryl methyl sites for hydroxylation is 1. The van der Waals surface area contributed by atoms with Gasteiger partial charge < -0.3 is 19.2 Å². The van der Waals surface area contributed by atoms with Crippen molar-refractivity contribution in [1.29, 1.82) is 0 Å². The smallest absolute Gasteiger partial charge is 0.287 e. The van der Waals surface area contributed by atoms with E-state index in [1.807, 2.05) is 0 Å². The van der Waals surface area contributed by atoms with E-state index in [2.05, 4.69) is 15.8 Å². The van der Waals surface area contributed by atoms with Gasteiger partial charge in [-0.1, -0.05) is 24.3 Å². The molecule has 2 aromatic carbocycles. The minimum atomic E-state index is -0.596. The normalized spacial score (nSPS) is 12.7. The van der Waals surface area contributed by atoms with Crippen LogP contribution in [0, 0.1) is 6.92 Å². The predicted molar refractivity (Wildman–Crippen MR) is 114 cm³/mol. The Hall–Kier alpha value is -4.33. The Bertz CT molecular complexity index is 1160. The minimum absolute atomic E-state index is 0.0143. The Morgan fingerprint density at radius 1 is 1.00 bits per heavy atom. The van der Waals surface area contributed by atoms with Crippen LogP contribution in [0.2, 0.25) is 0 Å². The summed E-state index contributed by atoms with van der Waals surface area (Å²) in [7, 11) is 0. The summed E-state index contributed by atoms with van der Waals surface area (Å²) in [4.78, 5) is 25.4.